The molecule has 0 saturated carbocycles. The number of carbonyl (C=O) groups excluding carboxylic acids is 1. The Morgan fingerprint density at radius 3 is 2.42 bits per heavy atom. The number of hydrogen-bond donors (Lipinski definition) is 2. The molecule has 0 spiro atoms. The van der Waals surface area contributed by atoms with E-state index in [2.05, 4.69) is 38.6 Å². The number of halogens is 1. The molecule has 2 rings (SSSR count). The first-order valence-electron chi connectivity index (χ1n) is 12.3. The molecule has 0 heterocycles. The number of hydrogen-bond acceptors (Lipinski definition) is 5. The van der Waals surface area contributed by atoms with Gasteiger partial charge in [-0.3, -0.25) is 4.79 Å². The maximum Gasteiger partial charge on any atom is 0.308 e. The second-order valence-electron chi connectivity index (χ2n) is 11.0. The largest absolute Gasteiger partial charge is 0.469 e. The van der Waals surface area contributed by atoms with E-state index < -0.39 is 26.5 Å². The van der Waals surface area contributed by atoms with Gasteiger partial charge < -0.3 is 19.4 Å². The summed E-state index contributed by atoms with van der Waals surface area (Å²) in [6.07, 6.45) is 1.31. The highest BCUT2D eigenvalue weighted by molar-refractivity contribution is 6.74. The summed E-state index contributed by atoms with van der Waals surface area (Å²) in [7, 11) is -0.786. The number of benzene rings is 2. The predicted octanol–water partition coefficient (Wildman–Crippen LogP) is 6.32. The van der Waals surface area contributed by atoms with Gasteiger partial charge in [0.25, 0.3) is 0 Å². The molecular weight excluding hydrogens is 475 g/mol. The quantitative estimate of drug-likeness (QED) is 0.285. The average Bonchev–Trinajstić information content (AvgIpc) is 2.76. The fourth-order valence-electron chi connectivity index (χ4n) is 3.69. The summed E-state index contributed by atoms with van der Waals surface area (Å²) in [5.74, 6) is -0.825. The van der Waals surface area contributed by atoms with Crippen LogP contribution in [-0.2, 0) is 20.6 Å². The van der Waals surface area contributed by atoms with Gasteiger partial charge in [-0.2, -0.15) is 0 Å². The molecule has 0 aliphatic carbocycles. The minimum atomic E-state index is -2.04. The molecule has 0 bridgehead atoms. The van der Waals surface area contributed by atoms with Crippen molar-refractivity contribution < 1.29 is 28.6 Å². The molecule has 0 fully saturated rings. The van der Waals surface area contributed by atoms with E-state index in [0.29, 0.717) is 5.56 Å². The zero-order chi connectivity index (χ0) is 27.3. The van der Waals surface area contributed by atoms with Gasteiger partial charge in [0.2, 0.25) is 0 Å². The van der Waals surface area contributed by atoms with Crippen LogP contribution in [0.2, 0.25) is 18.1 Å². The Bertz CT molecular complexity index is 1090. The topological polar surface area (TPSA) is 76.0 Å². The molecule has 0 saturated heterocycles. The zero-order valence-corrected chi connectivity index (χ0v) is 23.8. The highest BCUT2D eigenvalue weighted by Crippen LogP contribution is 2.37. The van der Waals surface area contributed by atoms with Crippen molar-refractivity contribution in [3.63, 3.8) is 0 Å². The highest BCUT2D eigenvalue weighted by Gasteiger charge is 2.37. The third-order valence-corrected chi connectivity index (χ3v) is 11.4. The minimum absolute atomic E-state index is 0.0112. The van der Waals surface area contributed by atoms with Crippen molar-refractivity contribution in [2.75, 3.05) is 7.11 Å². The van der Waals surface area contributed by atoms with Crippen molar-refractivity contribution in [3.05, 3.63) is 64.5 Å². The maximum absolute atomic E-state index is 14.7. The summed E-state index contributed by atoms with van der Waals surface area (Å²) >= 11 is 0. The van der Waals surface area contributed by atoms with E-state index in [0.717, 1.165) is 27.8 Å². The Morgan fingerprint density at radius 2 is 1.81 bits per heavy atom. The van der Waals surface area contributed by atoms with E-state index in [1.54, 1.807) is 12.1 Å². The van der Waals surface area contributed by atoms with Gasteiger partial charge in [-0.05, 0) is 66.4 Å². The van der Waals surface area contributed by atoms with Crippen LogP contribution in [0.1, 0.15) is 55.9 Å². The minimum Gasteiger partial charge on any atom is -0.469 e. The first-order chi connectivity index (χ1) is 16.6. The molecule has 0 aliphatic rings. The fraction of sp³-hybridized carbons (Fsp3) is 0.483. The van der Waals surface area contributed by atoms with Gasteiger partial charge in [-0.25, -0.2) is 4.39 Å². The molecule has 36 heavy (non-hydrogen) atoms. The molecule has 0 amide bonds. The molecule has 0 aliphatic heterocycles. The van der Waals surface area contributed by atoms with E-state index in [1.165, 1.54) is 13.2 Å². The predicted molar refractivity (Wildman–Crippen MR) is 146 cm³/mol. The highest BCUT2D eigenvalue weighted by atomic mass is 28.4. The molecule has 0 radical (unpaired) electrons. The summed E-state index contributed by atoms with van der Waals surface area (Å²) in [6, 6.07) is 9.16. The van der Waals surface area contributed by atoms with Gasteiger partial charge >= 0.3 is 5.97 Å². The lowest BCUT2D eigenvalue weighted by molar-refractivity contribution is -0.143. The van der Waals surface area contributed by atoms with Crippen molar-refractivity contribution in [2.24, 2.45) is 0 Å². The van der Waals surface area contributed by atoms with Crippen molar-refractivity contribution >= 4 is 20.4 Å². The Labute approximate surface area is 216 Å². The first-order valence-corrected chi connectivity index (χ1v) is 15.2. The summed E-state index contributed by atoms with van der Waals surface area (Å²) in [6.45, 7) is 15.0. The number of aliphatic hydroxyl groups excluding tert-OH is 2. The number of carbonyl (C=O) groups is 1. The van der Waals surface area contributed by atoms with Crippen LogP contribution in [0, 0.1) is 19.7 Å². The van der Waals surface area contributed by atoms with Crippen molar-refractivity contribution in [1.82, 2.24) is 0 Å². The van der Waals surface area contributed by atoms with Gasteiger partial charge in [-0.15, -0.1) is 0 Å². The number of aryl methyl sites for hydroxylation is 2. The third-order valence-electron chi connectivity index (χ3n) is 6.91. The number of aliphatic hydroxyl groups is 2. The summed E-state index contributed by atoms with van der Waals surface area (Å²) < 4.78 is 25.6. The molecule has 0 aromatic heterocycles. The number of rotatable bonds is 10. The van der Waals surface area contributed by atoms with E-state index in [1.807, 2.05) is 38.1 Å². The Balaban J connectivity index is 2.34. The Kier molecular flexibility index (Phi) is 10.2. The fourth-order valence-corrected chi connectivity index (χ4v) is 4.64. The number of esters is 1. The summed E-state index contributed by atoms with van der Waals surface area (Å²) in [5.41, 5.74) is 5.25. The lowest BCUT2D eigenvalue weighted by Crippen LogP contribution is -2.40. The second-order valence-corrected chi connectivity index (χ2v) is 15.8. The van der Waals surface area contributed by atoms with Crippen LogP contribution in [0.25, 0.3) is 17.2 Å². The van der Waals surface area contributed by atoms with E-state index in [4.69, 9.17) is 4.43 Å². The van der Waals surface area contributed by atoms with Gasteiger partial charge in [-0.1, -0.05) is 56.7 Å². The summed E-state index contributed by atoms with van der Waals surface area (Å²) in [4.78, 5) is 11.3. The normalized spacial score (nSPS) is 14.2. The first kappa shape index (κ1) is 29.9. The van der Waals surface area contributed by atoms with Crippen LogP contribution in [0.5, 0.6) is 0 Å². The second kappa shape index (κ2) is 12.3. The lowest BCUT2D eigenvalue weighted by Gasteiger charge is -2.36. The molecule has 2 aromatic carbocycles. The lowest BCUT2D eigenvalue weighted by atomic mass is 9.92. The van der Waals surface area contributed by atoms with Gasteiger partial charge in [0.1, 0.15) is 5.82 Å². The average molecular weight is 517 g/mol. The van der Waals surface area contributed by atoms with Crippen LogP contribution in [0.4, 0.5) is 4.39 Å². The summed E-state index contributed by atoms with van der Waals surface area (Å²) in [5, 5.41) is 20.4. The molecule has 2 aromatic rings. The van der Waals surface area contributed by atoms with Crippen LogP contribution in [-0.4, -0.2) is 43.8 Å². The smallest absolute Gasteiger partial charge is 0.308 e. The van der Waals surface area contributed by atoms with Gasteiger partial charge in [0.15, 0.2) is 8.32 Å². The molecule has 2 atom stereocenters. The van der Waals surface area contributed by atoms with Crippen LogP contribution in [0.3, 0.4) is 0 Å². The van der Waals surface area contributed by atoms with Gasteiger partial charge in [0, 0.05) is 12.0 Å². The number of ether oxygens (including phenoxy) is 1. The van der Waals surface area contributed by atoms with E-state index in [9.17, 15) is 19.4 Å². The zero-order valence-electron chi connectivity index (χ0n) is 22.8. The monoisotopic (exact) mass is 516 g/mol. The maximum atomic E-state index is 14.7. The molecule has 198 valence electrons. The molecule has 7 heteroatoms. The molecular formula is C29H41FO5Si. The van der Waals surface area contributed by atoms with Crippen LogP contribution >= 0.6 is 0 Å². The Morgan fingerprint density at radius 1 is 1.14 bits per heavy atom. The molecule has 2 unspecified atom stereocenters. The SMILES string of the molecule is COC(=O)CC(O)CC(O)/C=C/c1c(C)cc(C)cc1-c1ccc(F)c(CO[Si](C)(C)C(C)(C)C)c1. The molecule has 5 nitrogen and oxygen atoms in total. The molecule has 2 N–H and O–H groups in total. The van der Waals surface area contributed by atoms with Crippen LogP contribution in [0.15, 0.2) is 36.4 Å². The van der Waals surface area contributed by atoms with Crippen molar-refractivity contribution in [1.29, 1.82) is 0 Å². The standard InChI is InChI=1S/C29H41FO5Si/c1-19-13-20(2)25(11-10-23(31)16-24(32)17-28(33)34-6)26(14-19)21-9-12-27(30)22(15-21)18-35-36(7,8)29(3,4)5/h9-15,23-24,31-32H,16-18H2,1-8H3/b11-10+. The van der Waals surface area contributed by atoms with E-state index in [-0.39, 0.29) is 30.3 Å². The van der Waals surface area contributed by atoms with E-state index >= 15 is 0 Å². The van der Waals surface area contributed by atoms with Gasteiger partial charge in [0.05, 0.1) is 32.3 Å². The van der Waals surface area contributed by atoms with Crippen molar-refractivity contribution in [3.8, 4) is 11.1 Å². The van der Waals surface area contributed by atoms with Crippen LogP contribution < -0.4 is 0 Å². The van der Waals surface area contributed by atoms with Crippen molar-refractivity contribution in [2.45, 2.75) is 84.4 Å². The third kappa shape index (κ3) is 8.10. The Hall–Kier alpha value is -2.32. The number of methoxy groups -OCH3 is 1.